The molecule has 0 spiro atoms. The first kappa shape index (κ1) is 27.4. The van der Waals surface area contributed by atoms with Crippen LogP contribution in [0.3, 0.4) is 0 Å². The van der Waals surface area contributed by atoms with Crippen LogP contribution in [-0.4, -0.2) is 91.2 Å². The highest BCUT2D eigenvalue weighted by Crippen LogP contribution is 2.29. The van der Waals surface area contributed by atoms with Crippen molar-refractivity contribution < 1.29 is 28.5 Å². The molecule has 3 heterocycles. The van der Waals surface area contributed by atoms with E-state index in [0.717, 1.165) is 43.8 Å². The lowest BCUT2D eigenvalue weighted by molar-refractivity contribution is -0.139. The van der Waals surface area contributed by atoms with Crippen molar-refractivity contribution in [1.29, 1.82) is 0 Å². The minimum atomic E-state index is -0.266. The standard InChI is InChI=1S/C26H36N6O6/c1-34-13-14-38-25-29-23(27)22-24(30-25)32(26(28-22)36-3)17-18-7-9-31(10-8-18)11-12-37-20-6-4-5-19(15-20)16-21(33)35-2/h4-6,15,18H,7-14,16-17H2,1-3H3,(H2,27,29,30). The van der Waals surface area contributed by atoms with Gasteiger partial charge in [0.2, 0.25) is 0 Å². The molecule has 4 rings (SSSR count). The van der Waals surface area contributed by atoms with Crippen molar-refractivity contribution in [2.24, 2.45) is 5.92 Å². The molecule has 0 atom stereocenters. The number of esters is 1. The molecule has 0 saturated carbocycles. The summed E-state index contributed by atoms with van der Waals surface area (Å²) in [7, 11) is 4.58. The molecule has 38 heavy (non-hydrogen) atoms. The third-order valence-corrected chi connectivity index (χ3v) is 6.57. The van der Waals surface area contributed by atoms with Crippen LogP contribution in [0.5, 0.6) is 17.8 Å². The smallest absolute Gasteiger partial charge is 0.320 e. The van der Waals surface area contributed by atoms with E-state index < -0.39 is 0 Å². The summed E-state index contributed by atoms with van der Waals surface area (Å²) in [6.45, 7) is 4.81. The molecule has 0 bridgehead atoms. The van der Waals surface area contributed by atoms with E-state index in [1.165, 1.54) is 7.11 Å². The number of ether oxygens (including phenoxy) is 5. The molecule has 12 nitrogen and oxygen atoms in total. The number of anilines is 1. The Morgan fingerprint density at radius 1 is 1.05 bits per heavy atom. The highest BCUT2D eigenvalue weighted by molar-refractivity contribution is 5.83. The van der Waals surface area contributed by atoms with Crippen molar-refractivity contribution in [3.63, 3.8) is 0 Å². The molecule has 2 aromatic heterocycles. The lowest BCUT2D eigenvalue weighted by atomic mass is 9.97. The average Bonchev–Trinajstić information content (AvgIpc) is 3.28. The van der Waals surface area contributed by atoms with Crippen LogP contribution in [0.2, 0.25) is 0 Å². The zero-order valence-corrected chi connectivity index (χ0v) is 22.2. The van der Waals surface area contributed by atoms with E-state index in [-0.39, 0.29) is 24.2 Å². The second kappa shape index (κ2) is 13.2. The summed E-state index contributed by atoms with van der Waals surface area (Å²) in [5.41, 5.74) is 8.12. The number of rotatable bonds is 13. The van der Waals surface area contributed by atoms with Crippen LogP contribution in [0.1, 0.15) is 18.4 Å². The van der Waals surface area contributed by atoms with Gasteiger partial charge in [-0.05, 0) is 49.5 Å². The molecular weight excluding hydrogens is 492 g/mol. The quantitative estimate of drug-likeness (QED) is 0.257. The number of nitrogen functional groups attached to an aromatic ring is 1. The fourth-order valence-electron chi connectivity index (χ4n) is 4.51. The summed E-state index contributed by atoms with van der Waals surface area (Å²) in [5, 5.41) is 0. The van der Waals surface area contributed by atoms with Gasteiger partial charge in [0, 0.05) is 20.2 Å². The van der Waals surface area contributed by atoms with Gasteiger partial charge in [0.25, 0.3) is 6.01 Å². The fraction of sp³-hybridized carbons (Fsp3) is 0.538. The van der Waals surface area contributed by atoms with Crippen molar-refractivity contribution in [1.82, 2.24) is 24.4 Å². The van der Waals surface area contributed by atoms with Crippen LogP contribution in [0.15, 0.2) is 24.3 Å². The van der Waals surface area contributed by atoms with Gasteiger partial charge in [0.1, 0.15) is 19.0 Å². The molecule has 0 amide bonds. The van der Waals surface area contributed by atoms with E-state index in [1.807, 2.05) is 28.8 Å². The normalized spacial score (nSPS) is 14.5. The Bertz CT molecular complexity index is 1210. The zero-order chi connectivity index (χ0) is 26.9. The van der Waals surface area contributed by atoms with E-state index >= 15 is 0 Å². The molecule has 3 aromatic rings. The molecule has 0 unspecified atom stereocenters. The van der Waals surface area contributed by atoms with Crippen LogP contribution in [0.25, 0.3) is 11.2 Å². The van der Waals surface area contributed by atoms with Crippen molar-refractivity contribution in [3.05, 3.63) is 29.8 Å². The largest absolute Gasteiger partial charge is 0.492 e. The van der Waals surface area contributed by atoms with Crippen molar-refractivity contribution in [2.75, 3.05) is 66.5 Å². The number of nitrogens with zero attached hydrogens (tertiary/aromatic N) is 5. The Kier molecular flexibility index (Phi) is 9.55. The number of likely N-dealkylation sites (tertiary alicyclic amines) is 1. The third kappa shape index (κ3) is 7.01. The third-order valence-electron chi connectivity index (χ3n) is 6.57. The molecular formula is C26H36N6O6. The first-order valence-electron chi connectivity index (χ1n) is 12.7. The van der Waals surface area contributed by atoms with Crippen LogP contribution < -0.4 is 19.9 Å². The summed E-state index contributed by atoms with van der Waals surface area (Å²) in [4.78, 5) is 27.2. The molecule has 1 aromatic carbocycles. The number of hydrogen-bond donors (Lipinski definition) is 1. The Morgan fingerprint density at radius 3 is 2.61 bits per heavy atom. The Hall–Kier alpha value is -3.64. The number of carbonyl (C=O) groups is 1. The van der Waals surface area contributed by atoms with Gasteiger partial charge in [-0.25, -0.2) is 0 Å². The monoisotopic (exact) mass is 528 g/mol. The fourth-order valence-corrected chi connectivity index (χ4v) is 4.51. The summed E-state index contributed by atoms with van der Waals surface area (Å²) in [5.74, 6) is 1.18. The summed E-state index contributed by atoms with van der Waals surface area (Å²) >= 11 is 0. The lowest BCUT2D eigenvalue weighted by Crippen LogP contribution is -2.37. The predicted octanol–water partition coefficient (Wildman–Crippen LogP) is 1.95. The minimum Gasteiger partial charge on any atom is -0.492 e. The Balaban J connectivity index is 1.30. The van der Waals surface area contributed by atoms with Gasteiger partial charge in [-0.15, -0.1) is 0 Å². The van der Waals surface area contributed by atoms with Crippen LogP contribution in [0, 0.1) is 5.92 Å². The lowest BCUT2D eigenvalue weighted by Gasteiger charge is -2.32. The Morgan fingerprint density at radius 2 is 1.87 bits per heavy atom. The van der Waals surface area contributed by atoms with Crippen LogP contribution in [-0.2, 0) is 27.2 Å². The van der Waals surface area contributed by atoms with Crippen molar-refractivity contribution in [3.8, 4) is 17.8 Å². The molecule has 1 aliphatic rings. The van der Waals surface area contributed by atoms with Gasteiger partial charge in [-0.2, -0.15) is 15.0 Å². The SMILES string of the molecule is COCCOc1nc(N)c2nc(OC)n(CC3CCN(CCOc4cccc(CC(=O)OC)c4)CC3)c2n1. The number of methoxy groups -OCH3 is 3. The van der Waals surface area contributed by atoms with Crippen LogP contribution in [0.4, 0.5) is 5.82 Å². The molecule has 0 aliphatic carbocycles. The van der Waals surface area contributed by atoms with Gasteiger partial charge < -0.3 is 29.4 Å². The Labute approximate surface area is 222 Å². The van der Waals surface area contributed by atoms with Crippen molar-refractivity contribution >= 4 is 23.0 Å². The maximum Gasteiger partial charge on any atom is 0.320 e. The highest BCUT2D eigenvalue weighted by Gasteiger charge is 2.24. The zero-order valence-electron chi connectivity index (χ0n) is 22.2. The number of carbonyl (C=O) groups excluding carboxylic acids is 1. The minimum absolute atomic E-state index is 0.196. The molecule has 206 valence electrons. The number of imidazole rings is 1. The number of aromatic nitrogens is 4. The molecule has 1 saturated heterocycles. The molecule has 2 N–H and O–H groups in total. The number of piperidine rings is 1. The number of fused-ring (bicyclic) bond motifs is 1. The summed E-state index contributed by atoms with van der Waals surface area (Å²) < 4.78 is 28.8. The van der Waals surface area contributed by atoms with Crippen molar-refractivity contribution in [2.45, 2.75) is 25.8 Å². The van der Waals surface area contributed by atoms with Gasteiger partial charge in [-0.1, -0.05) is 12.1 Å². The average molecular weight is 529 g/mol. The van der Waals surface area contributed by atoms with E-state index in [0.29, 0.717) is 49.5 Å². The topological polar surface area (TPSA) is 136 Å². The summed E-state index contributed by atoms with van der Waals surface area (Å²) in [6, 6.07) is 8.22. The number of hydrogen-bond acceptors (Lipinski definition) is 11. The second-order valence-corrected chi connectivity index (χ2v) is 9.15. The van der Waals surface area contributed by atoms with Gasteiger partial charge in [-0.3, -0.25) is 14.3 Å². The van der Waals surface area contributed by atoms with Gasteiger partial charge >= 0.3 is 12.0 Å². The molecule has 0 radical (unpaired) electrons. The van der Waals surface area contributed by atoms with E-state index in [2.05, 4.69) is 19.9 Å². The first-order valence-corrected chi connectivity index (χ1v) is 12.7. The second-order valence-electron chi connectivity index (χ2n) is 9.15. The first-order chi connectivity index (χ1) is 18.5. The van der Waals surface area contributed by atoms with Crippen LogP contribution >= 0.6 is 0 Å². The highest BCUT2D eigenvalue weighted by atomic mass is 16.5. The summed E-state index contributed by atoms with van der Waals surface area (Å²) in [6.07, 6.45) is 2.28. The van der Waals surface area contributed by atoms with E-state index in [9.17, 15) is 4.79 Å². The number of benzene rings is 1. The van der Waals surface area contributed by atoms with Gasteiger partial charge in [0.05, 0.1) is 27.2 Å². The van der Waals surface area contributed by atoms with E-state index in [1.54, 1.807) is 14.2 Å². The molecule has 1 aliphatic heterocycles. The number of nitrogens with two attached hydrogens (primary N) is 1. The van der Waals surface area contributed by atoms with Gasteiger partial charge in [0.15, 0.2) is 17.0 Å². The molecule has 1 fully saturated rings. The maximum absolute atomic E-state index is 11.5. The molecule has 12 heteroatoms. The maximum atomic E-state index is 11.5. The van der Waals surface area contributed by atoms with E-state index in [4.69, 9.17) is 29.4 Å². The predicted molar refractivity (Wildman–Crippen MR) is 140 cm³/mol.